The van der Waals surface area contributed by atoms with Crippen molar-refractivity contribution in [1.82, 2.24) is 14.2 Å². The van der Waals surface area contributed by atoms with E-state index in [2.05, 4.69) is 5.32 Å². The number of hydrogen-bond donors (Lipinski definition) is 1. The number of amides is 1. The zero-order chi connectivity index (χ0) is 16.0. The molecule has 0 fully saturated rings. The highest BCUT2D eigenvalue weighted by atomic mass is 32.2. The summed E-state index contributed by atoms with van der Waals surface area (Å²) in [5.41, 5.74) is 0.628. The van der Waals surface area contributed by atoms with Crippen molar-refractivity contribution < 1.29 is 13.2 Å². The van der Waals surface area contributed by atoms with Gasteiger partial charge in [-0.1, -0.05) is 6.07 Å². The van der Waals surface area contributed by atoms with E-state index in [-0.39, 0.29) is 36.7 Å². The van der Waals surface area contributed by atoms with E-state index in [1.165, 1.54) is 24.7 Å². The summed E-state index contributed by atoms with van der Waals surface area (Å²) >= 11 is 0. The SMILES string of the molecule is Cc1cccc(=O)n1CCC(=O)NCCS(=O)(=O)N(C)C. The average molecular weight is 315 g/mol. The summed E-state index contributed by atoms with van der Waals surface area (Å²) in [5, 5.41) is 2.54. The van der Waals surface area contributed by atoms with E-state index in [1.54, 1.807) is 19.1 Å². The summed E-state index contributed by atoms with van der Waals surface area (Å²) in [6.07, 6.45) is 0.132. The molecule has 0 bridgehead atoms. The molecule has 21 heavy (non-hydrogen) atoms. The molecule has 0 aliphatic carbocycles. The summed E-state index contributed by atoms with van der Waals surface area (Å²) < 4.78 is 25.6. The number of aryl methyl sites for hydroxylation is 1. The molecule has 1 amide bonds. The standard InChI is InChI=1S/C13H21N3O4S/c1-11-5-4-6-13(18)16(11)9-7-12(17)14-8-10-21(19,20)15(2)3/h4-6H,7-10H2,1-3H3,(H,14,17). The number of sulfonamides is 1. The van der Waals surface area contributed by atoms with Gasteiger partial charge in [0, 0.05) is 45.4 Å². The average Bonchev–Trinajstić information content (AvgIpc) is 2.37. The van der Waals surface area contributed by atoms with Crippen molar-refractivity contribution in [2.45, 2.75) is 19.9 Å². The molecule has 0 spiro atoms. The topological polar surface area (TPSA) is 88.5 Å². The van der Waals surface area contributed by atoms with Gasteiger partial charge < -0.3 is 9.88 Å². The zero-order valence-electron chi connectivity index (χ0n) is 12.5. The molecule has 0 radical (unpaired) electrons. The maximum absolute atomic E-state index is 11.7. The smallest absolute Gasteiger partial charge is 0.250 e. The van der Waals surface area contributed by atoms with Crippen LogP contribution >= 0.6 is 0 Å². The van der Waals surface area contributed by atoms with Gasteiger partial charge in [-0.15, -0.1) is 0 Å². The van der Waals surface area contributed by atoms with Gasteiger partial charge in [0.15, 0.2) is 0 Å². The number of rotatable bonds is 7. The van der Waals surface area contributed by atoms with Crippen molar-refractivity contribution in [2.24, 2.45) is 0 Å². The van der Waals surface area contributed by atoms with E-state index < -0.39 is 10.0 Å². The fraction of sp³-hybridized carbons (Fsp3) is 0.538. The lowest BCUT2D eigenvalue weighted by Gasteiger charge is -2.12. The van der Waals surface area contributed by atoms with E-state index in [0.29, 0.717) is 0 Å². The minimum absolute atomic E-state index is 0.0576. The first-order chi connectivity index (χ1) is 9.74. The molecular formula is C13H21N3O4S. The van der Waals surface area contributed by atoms with Gasteiger partial charge in [-0.2, -0.15) is 0 Å². The summed E-state index contributed by atoms with van der Waals surface area (Å²) in [5.74, 6) is -0.421. The molecule has 7 nitrogen and oxygen atoms in total. The third kappa shape index (κ3) is 5.31. The summed E-state index contributed by atoms with van der Waals surface area (Å²) in [6.45, 7) is 2.13. The Hall–Kier alpha value is -1.67. The third-order valence-electron chi connectivity index (χ3n) is 3.07. The van der Waals surface area contributed by atoms with Crippen LogP contribution in [-0.4, -0.2) is 49.6 Å². The van der Waals surface area contributed by atoms with Crippen molar-refractivity contribution in [2.75, 3.05) is 26.4 Å². The molecular weight excluding hydrogens is 294 g/mol. The third-order valence-corrected chi connectivity index (χ3v) is 4.90. The van der Waals surface area contributed by atoms with Crippen molar-refractivity contribution >= 4 is 15.9 Å². The van der Waals surface area contributed by atoms with Gasteiger partial charge in [0.1, 0.15) is 0 Å². The Labute approximate surface area is 124 Å². The van der Waals surface area contributed by atoms with Gasteiger partial charge in [-0.05, 0) is 13.0 Å². The van der Waals surface area contributed by atoms with Crippen LogP contribution in [0.1, 0.15) is 12.1 Å². The van der Waals surface area contributed by atoms with Crippen molar-refractivity contribution in [3.63, 3.8) is 0 Å². The van der Waals surface area contributed by atoms with Crippen LogP contribution in [0.2, 0.25) is 0 Å². The van der Waals surface area contributed by atoms with Crippen LogP contribution in [0, 0.1) is 6.92 Å². The number of aromatic nitrogens is 1. The van der Waals surface area contributed by atoms with E-state index in [0.717, 1.165) is 10.00 Å². The molecule has 0 atom stereocenters. The second-order valence-electron chi connectivity index (χ2n) is 4.86. The molecule has 0 aliphatic heterocycles. The first kappa shape index (κ1) is 17.4. The Morgan fingerprint density at radius 2 is 2.00 bits per heavy atom. The van der Waals surface area contributed by atoms with Gasteiger partial charge in [-0.3, -0.25) is 9.59 Å². The Morgan fingerprint density at radius 1 is 1.33 bits per heavy atom. The van der Waals surface area contributed by atoms with E-state index >= 15 is 0 Å². The van der Waals surface area contributed by atoms with Crippen LogP contribution in [0.25, 0.3) is 0 Å². The highest BCUT2D eigenvalue weighted by Crippen LogP contribution is 1.96. The lowest BCUT2D eigenvalue weighted by atomic mass is 10.3. The van der Waals surface area contributed by atoms with Crippen molar-refractivity contribution in [3.8, 4) is 0 Å². The molecule has 118 valence electrons. The Kier molecular flexibility index (Phi) is 6.10. The predicted octanol–water partition coefficient (Wildman–Crippen LogP) is -0.446. The second kappa shape index (κ2) is 7.37. The fourth-order valence-corrected chi connectivity index (χ4v) is 2.44. The number of pyridine rings is 1. The number of carbonyl (C=O) groups excluding carboxylic acids is 1. The molecule has 0 saturated carbocycles. The predicted molar refractivity (Wildman–Crippen MR) is 80.5 cm³/mol. The summed E-state index contributed by atoms with van der Waals surface area (Å²) in [7, 11) is -0.419. The van der Waals surface area contributed by atoms with E-state index in [1.807, 2.05) is 0 Å². The van der Waals surface area contributed by atoms with E-state index in [9.17, 15) is 18.0 Å². The Morgan fingerprint density at radius 3 is 2.57 bits per heavy atom. The number of hydrogen-bond acceptors (Lipinski definition) is 4. The maximum Gasteiger partial charge on any atom is 0.250 e. The van der Waals surface area contributed by atoms with Gasteiger partial charge in [0.2, 0.25) is 15.9 Å². The highest BCUT2D eigenvalue weighted by molar-refractivity contribution is 7.89. The maximum atomic E-state index is 11.7. The van der Waals surface area contributed by atoms with Crippen molar-refractivity contribution in [3.05, 3.63) is 34.2 Å². The molecule has 0 aliphatic rings. The minimum Gasteiger partial charge on any atom is -0.355 e. The highest BCUT2D eigenvalue weighted by Gasteiger charge is 2.13. The van der Waals surface area contributed by atoms with Crippen LogP contribution in [-0.2, 0) is 21.4 Å². The van der Waals surface area contributed by atoms with Crippen LogP contribution < -0.4 is 10.9 Å². The van der Waals surface area contributed by atoms with Crippen molar-refractivity contribution in [1.29, 1.82) is 0 Å². The fourth-order valence-electron chi connectivity index (χ4n) is 1.71. The van der Waals surface area contributed by atoms with Crippen LogP contribution in [0.5, 0.6) is 0 Å². The number of nitrogens with zero attached hydrogens (tertiary/aromatic N) is 2. The number of carbonyl (C=O) groups is 1. The van der Waals surface area contributed by atoms with Gasteiger partial charge in [-0.25, -0.2) is 12.7 Å². The Balaban J connectivity index is 2.44. The van der Waals surface area contributed by atoms with Crippen LogP contribution in [0.4, 0.5) is 0 Å². The molecule has 8 heteroatoms. The summed E-state index contributed by atoms with van der Waals surface area (Å²) in [4.78, 5) is 23.3. The largest absolute Gasteiger partial charge is 0.355 e. The first-order valence-electron chi connectivity index (χ1n) is 6.57. The quantitative estimate of drug-likeness (QED) is 0.738. The van der Waals surface area contributed by atoms with Gasteiger partial charge >= 0.3 is 0 Å². The molecule has 0 saturated heterocycles. The molecule has 1 N–H and O–H groups in total. The lowest BCUT2D eigenvalue weighted by molar-refractivity contribution is -0.121. The zero-order valence-corrected chi connectivity index (χ0v) is 13.3. The Bertz CT molecular complexity index is 650. The second-order valence-corrected chi connectivity index (χ2v) is 7.16. The van der Waals surface area contributed by atoms with Crippen LogP contribution in [0.3, 0.4) is 0 Å². The normalized spacial score (nSPS) is 11.6. The molecule has 1 rings (SSSR count). The summed E-state index contributed by atoms with van der Waals surface area (Å²) in [6, 6.07) is 4.90. The van der Waals surface area contributed by atoms with Gasteiger partial charge in [0.05, 0.1) is 5.75 Å². The lowest BCUT2D eigenvalue weighted by Crippen LogP contribution is -2.34. The number of nitrogens with one attached hydrogen (secondary N) is 1. The molecule has 0 aromatic carbocycles. The minimum atomic E-state index is -3.31. The molecule has 1 aromatic heterocycles. The van der Waals surface area contributed by atoms with Crippen LogP contribution in [0.15, 0.2) is 23.0 Å². The molecule has 1 aromatic rings. The van der Waals surface area contributed by atoms with E-state index in [4.69, 9.17) is 0 Å². The monoisotopic (exact) mass is 315 g/mol. The first-order valence-corrected chi connectivity index (χ1v) is 8.18. The molecule has 0 unspecified atom stereocenters. The molecule has 1 heterocycles. The van der Waals surface area contributed by atoms with Gasteiger partial charge in [0.25, 0.3) is 5.56 Å².